The van der Waals surface area contributed by atoms with E-state index in [-0.39, 0.29) is 11.6 Å². The van der Waals surface area contributed by atoms with E-state index in [1.807, 2.05) is 25.3 Å². The van der Waals surface area contributed by atoms with Crippen LogP contribution in [0.15, 0.2) is 41.6 Å². The molecule has 2 amide bonds. The molecular formula is C19H24N4O2. The highest BCUT2D eigenvalue weighted by Crippen LogP contribution is 2.22. The second-order valence-corrected chi connectivity index (χ2v) is 6.72. The van der Waals surface area contributed by atoms with Gasteiger partial charge in [-0.3, -0.25) is 9.78 Å². The molecule has 1 aliphatic rings. The molecular weight excluding hydrogens is 316 g/mol. The third kappa shape index (κ3) is 4.07. The van der Waals surface area contributed by atoms with Crippen molar-refractivity contribution < 1.29 is 4.79 Å². The molecule has 3 rings (SSSR count). The monoisotopic (exact) mass is 340 g/mol. The molecule has 132 valence electrons. The van der Waals surface area contributed by atoms with Crippen LogP contribution in [0, 0.1) is 12.8 Å². The van der Waals surface area contributed by atoms with Crippen molar-refractivity contribution in [3.63, 3.8) is 0 Å². The maximum Gasteiger partial charge on any atom is 0.322 e. The standard InChI is InChI=1S/C19H24N4O2/c1-14-5-9-22(2)18(24)17(14)21-19(25)23-10-6-15(7-11-23)12-16-4-3-8-20-13-16/h3-5,8-9,13,15H,6-7,10-12H2,1-2H3,(H,21,25). The highest BCUT2D eigenvalue weighted by molar-refractivity contribution is 5.89. The van der Waals surface area contributed by atoms with Gasteiger partial charge in [0.15, 0.2) is 0 Å². The number of aryl methyl sites for hydroxylation is 2. The predicted octanol–water partition coefficient (Wildman–Crippen LogP) is 2.58. The summed E-state index contributed by atoms with van der Waals surface area (Å²) < 4.78 is 1.47. The van der Waals surface area contributed by atoms with Gasteiger partial charge in [-0.2, -0.15) is 0 Å². The zero-order chi connectivity index (χ0) is 17.8. The third-order valence-electron chi connectivity index (χ3n) is 4.86. The van der Waals surface area contributed by atoms with Crippen LogP contribution in [0.4, 0.5) is 10.5 Å². The van der Waals surface area contributed by atoms with Gasteiger partial charge < -0.3 is 14.8 Å². The first kappa shape index (κ1) is 17.2. The molecule has 2 aromatic rings. The molecule has 25 heavy (non-hydrogen) atoms. The van der Waals surface area contributed by atoms with Gasteiger partial charge in [0.25, 0.3) is 5.56 Å². The Kier molecular flexibility index (Phi) is 5.16. The number of anilines is 1. The summed E-state index contributed by atoms with van der Waals surface area (Å²) in [7, 11) is 1.68. The predicted molar refractivity (Wildman–Crippen MR) is 97.7 cm³/mol. The Morgan fingerprint density at radius 2 is 2.08 bits per heavy atom. The quantitative estimate of drug-likeness (QED) is 0.934. The fraction of sp³-hybridized carbons (Fsp3) is 0.421. The van der Waals surface area contributed by atoms with E-state index >= 15 is 0 Å². The molecule has 1 fully saturated rings. The van der Waals surface area contributed by atoms with E-state index in [0.717, 1.165) is 24.8 Å². The lowest BCUT2D eigenvalue weighted by molar-refractivity contribution is 0.182. The minimum Gasteiger partial charge on any atom is -0.325 e. The topological polar surface area (TPSA) is 67.2 Å². The lowest BCUT2D eigenvalue weighted by Crippen LogP contribution is -2.42. The maximum atomic E-state index is 12.5. The SMILES string of the molecule is Cc1ccn(C)c(=O)c1NC(=O)N1CCC(Cc2cccnc2)CC1. The van der Waals surface area contributed by atoms with E-state index in [4.69, 9.17) is 0 Å². The Morgan fingerprint density at radius 3 is 2.76 bits per heavy atom. The van der Waals surface area contributed by atoms with Crippen LogP contribution >= 0.6 is 0 Å². The Bertz CT molecular complexity index is 793. The molecule has 0 spiro atoms. The molecule has 0 unspecified atom stereocenters. The van der Waals surface area contributed by atoms with Crippen LogP contribution in [0.1, 0.15) is 24.0 Å². The minimum atomic E-state index is -0.189. The van der Waals surface area contributed by atoms with Gasteiger partial charge >= 0.3 is 6.03 Å². The van der Waals surface area contributed by atoms with E-state index in [1.165, 1.54) is 10.1 Å². The number of pyridine rings is 2. The summed E-state index contributed by atoms with van der Waals surface area (Å²) >= 11 is 0. The number of nitrogens with one attached hydrogen (secondary N) is 1. The van der Waals surface area contributed by atoms with Crippen LogP contribution in [0.3, 0.4) is 0 Å². The number of aromatic nitrogens is 2. The summed E-state index contributed by atoms with van der Waals surface area (Å²) in [5.74, 6) is 0.569. The molecule has 1 aliphatic heterocycles. The summed E-state index contributed by atoms with van der Waals surface area (Å²) in [6.07, 6.45) is 8.33. The molecule has 0 aliphatic carbocycles. The average molecular weight is 340 g/mol. The lowest BCUT2D eigenvalue weighted by atomic mass is 9.91. The summed E-state index contributed by atoms with van der Waals surface area (Å²) in [4.78, 5) is 30.6. The minimum absolute atomic E-state index is 0.181. The van der Waals surface area contributed by atoms with E-state index in [1.54, 1.807) is 24.3 Å². The molecule has 2 aromatic heterocycles. The normalized spacial score (nSPS) is 15.2. The number of likely N-dealkylation sites (tertiary alicyclic amines) is 1. The zero-order valence-corrected chi connectivity index (χ0v) is 14.7. The van der Waals surface area contributed by atoms with E-state index in [0.29, 0.717) is 24.7 Å². The molecule has 0 radical (unpaired) electrons. The van der Waals surface area contributed by atoms with Gasteiger partial charge in [0.1, 0.15) is 5.69 Å². The molecule has 6 heteroatoms. The molecule has 1 N–H and O–H groups in total. The van der Waals surface area contributed by atoms with Crippen LogP contribution in [-0.2, 0) is 13.5 Å². The first-order valence-electron chi connectivity index (χ1n) is 8.65. The van der Waals surface area contributed by atoms with Gasteiger partial charge in [-0.05, 0) is 55.4 Å². The second kappa shape index (κ2) is 7.51. The first-order valence-corrected chi connectivity index (χ1v) is 8.65. The smallest absolute Gasteiger partial charge is 0.322 e. The number of rotatable bonds is 3. The highest BCUT2D eigenvalue weighted by atomic mass is 16.2. The number of urea groups is 1. The molecule has 0 bridgehead atoms. The van der Waals surface area contributed by atoms with Gasteiger partial charge in [-0.15, -0.1) is 0 Å². The van der Waals surface area contributed by atoms with Gasteiger partial charge in [-0.1, -0.05) is 6.07 Å². The molecule has 0 aromatic carbocycles. The maximum absolute atomic E-state index is 12.5. The van der Waals surface area contributed by atoms with E-state index in [2.05, 4.69) is 16.4 Å². The fourth-order valence-corrected chi connectivity index (χ4v) is 3.25. The number of hydrogen-bond acceptors (Lipinski definition) is 3. The van der Waals surface area contributed by atoms with Crippen molar-refractivity contribution in [2.24, 2.45) is 13.0 Å². The lowest BCUT2D eigenvalue weighted by Gasteiger charge is -2.32. The van der Waals surface area contributed by atoms with Crippen LogP contribution in [0.5, 0.6) is 0 Å². The average Bonchev–Trinajstić information content (AvgIpc) is 2.63. The van der Waals surface area contributed by atoms with Crippen molar-refractivity contribution in [1.82, 2.24) is 14.5 Å². The Morgan fingerprint density at radius 1 is 1.32 bits per heavy atom. The van der Waals surface area contributed by atoms with Gasteiger partial charge in [0, 0.05) is 38.7 Å². The van der Waals surface area contributed by atoms with Gasteiger partial charge in [0.05, 0.1) is 0 Å². The zero-order valence-electron chi connectivity index (χ0n) is 14.7. The summed E-state index contributed by atoms with van der Waals surface area (Å²) in [5.41, 5.74) is 2.21. The second-order valence-electron chi connectivity index (χ2n) is 6.72. The Hall–Kier alpha value is -2.63. The van der Waals surface area contributed by atoms with Crippen molar-refractivity contribution in [3.8, 4) is 0 Å². The third-order valence-corrected chi connectivity index (χ3v) is 4.86. The Labute approximate surface area is 147 Å². The van der Waals surface area contributed by atoms with Crippen molar-refractivity contribution in [3.05, 3.63) is 58.3 Å². The van der Waals surface area contributed by atoms with Crippen LogP contribution in [-0.4, -0.2) is 33.6 Å². The number of nitrogens with zero attached hydrogens (tertiary/aromatic N) is 3. The van der Waals surface area contributed by atoms with Crippen molar-refractivity contribution >= 4 is 11.7 Å². The molecule has 0 atom stereocenters. The molecule has 3 heterocycles. The van der Waals surface area contributed by atoms with Crippen LogP contribution < -0.4 is 10.9 Å². The number of carbonyl (C=O) groups excluding carboxylic acids is 1. The molecule has 6 nitrogen and oxygen atoms in total. The van der Waals surface area contributed by atoms with Gasteiger partial charge in [0.2, 0.25) is 0 Å². The Balaban J connectivity index is 1.57. The summed E-state index contributed by atoms with van der Waals surface area (Å²) in [5, 5.41) is 2.80. The largest absolute Gasteiger partial charge is 0.325 e. The van der Waals surface area contributed by atoms with Gasteiger partial charge in [-0.25, -0.2) is 4.79 Å². The van der Waals surface area contributed by atoms with Crippen LogP contribution in [0.2, 0.25) is 0 Å². The molecule has 1 saturated heterocycles. The summed E-state index contributed by atoms with van der Waals surface area (Å²) in [6, 6.07) is 5.70. The van der Waals surface area contributed by atoms with E-state index in [9.17, 15) is 9.59 Å². The van der Waals surface area contributed by atoms with Crippen molar-refractivity contribution in [2.75, 3.05) is 18.4 Å². The van der Waals surface area contributed by atoms with Crippen molar-refractivity contribution in [1.29, 1.82) is 0 Å². The van der Waals surface area contributed by atoms with E-state index < -0.39 is 0 Å². The number of hydrogen-bond donors (Lipinski definition) is 1. The number of amides is 2. The fourth-order valence-electron chi connectivity index (χ4n) is 3.25. The van der Waals surface area contributed by atoms with Crippen molar-refractivity contribution in [2.45, 2.75) is 26.2 Å². The number of piperidine rings is 1. The highest BCUT2D eigenvalue weighted by Gasteiger charge is 2.24. The van der Waals surface area contributed by atoms with Crippen LogP contribution in [0.25, 0.3) is 0 Å². The molecule has 0 saturated carbocycles. The number of carbonyl (C=O) groups is 1. The first-order chi connectivity index (χ1) is 12.0. The summed E-state index contributed by atoms with van der Waals surface area (Å²) in [6.45, 7) is 3.25.